The van der Waals surface area contributed by atoms with Gasteiger partial charge in [-0.05, 0) is 90.2 Å². The Morgan fingerprint density at radius 3 is 1.20 bits per heavy atom. The molecule has 0 amide bonds. The topological polar surface area (TPSA) is 258 Å². The maximum absolute atomic E-state index is 13.3. The minimum Gasteiger partial charge on any atom is -0.507 e. The summed E-state index contributed by atoms with van der Waals surface area (Å²) in [6, 6.07) is 0. The second-order valence-electron chi connectivity index (χ2n) is 29.1. The molecule has 4 rings (SSSR count). The Balaban J connectivity index is 0.00000102. The zero-order valence-corrected chi connectivity index (χ0v) is 67.3. The number of aromatic hydroxyl groups is 1. The lowest BCUT2D eigenvalue weighted by molar-refractivity contribution is -0.169. The van der Waals surface area contributed by atoms with Crippen LogP contribution in [-0.2, 0) is 92.7 Å². The second-order valence-corrected chi connectivity index (χ2v) is 29.1. The number of allylic oxidation sites excluding steroid dienone is 4. The van der Waals surface area contributed by atoms with Crippen molar-refractivity contribution in [1.82, 2.24) is 0 Å². The van der Waals surface area contributed by atoms with E-state index in [0.29, 0.717) is 97.1 Å². The van der Waals surface area contributed by atoms with E-state index in [-0.39, 0.29) is 92.4 Å². The average Bonchev–Trinajstić information content (AvgIpc) is 1.55. The number of methoxy groups -OCH3 is 4. The van der Waals surface area contributed by atoms with Crippen LogP contribution in [0.2, 0.25) is 0 Å². The number of hydrogen-bond acceptors (Lipinski definition) is 20. The van der Waals surface area contributed by atoms with Crippen LogP contribution in [0.15, 0.2) is 23.3 Å². The van der Waals surface area contributed by atoms with Gasteiger partial charge in [0.2, 0.25) is 6.79 Å². The van der Waals surface area contributed by atoms with E-state index in [0.717, 1.165) is 99.3 Å². The number of carbonyl (C=O) groups excluding carboxylic acids is 8. The number of cyclic esters (lactones) is 2. The van der Waals surface area contributed by atoms with Gasteiger partial charge in [-0.15, -0.1) is 0 Å². The molecule has 0 radical (unpaired) electrons. The fourth-order valence-electron chi connectivity index (χ4n) is 13.4. The second kappa shape index (κ2) is 56.2. The number of esters is 8. The molecule has 0 saturated heterocycles. The van der Waals surface area contributed by atoms with Gasteiger partial charge in [-0.2, -0.15) is 0 Å². The number of ether oxygens (including phenoxy) is 11. The van der Waals surface area contributed by atoms with Crippen LogP contribution < -0.4 is 14.2 Å². The summed E-state index contributed by atoms with van der Waals surface area (Å²) in [6.45, 7) is 15.3. The van der Waals surface area contributed by atoms with Crippen molar-refractivity contribution in [2.75, 3.05) is 48.4 Å². The van der Waals surface area contributed by atoms with E-state index in [2.05, 4.69) is 18.6 Å². The molecule has 0 saturated carbocycles. The molecule has 2 heterocycles. The molecule has 2 aliphatic rings. The quantitative estimate of drug-likeness (QED) is 0.0212. The van der Waals surface area contributed by atoms with Gasteiger partial charge in [0, 0.05) is 47.9 Å². The number of phenolic OH excluding ortho intramolecular Hbond substituents is 1. The highest BCUT2D eigenvalue weighted by Crippen LogP contribution is 2.44. The zero-order chi connectivity index (χ0) is 77.9. The van der Waals surface area contributed by atoms with Gasteiger partial charge in [-0.1, -0.05) is 244 Å². The largest absolute Gasteiger partial charge is 0.507 e. The van der Waals surface area contributed by atoms with E-state index < -0.39 is 30.0 Å². The number of fused-ring (bicyclic) bond motifs is 2. The molecule has 1 N–H and O–H groups in total. The Labute approximate surface area is 635 Å². The van der Waals surface area contributed by atoms with Crippen molar-refractivity contribution in [3.05, 3.63) is 67.8 Å². The summed E-state index contributed by atoms with van der Waals surface area (Å²) in [7, 11) is 5.80. The number of unbranched alkanes of at least 4 members (excludes halogenated alkanes) is 29. The highest BCUT2D eigenvalue weighted by Gasteiger charge is 2.35. The van der Waals surface area contributed by atoms with Crippen LogP contribution >= 0.6 is 0 Å². The summed E-state index contributed by atoms with van der Waals surface area (Å²) >= 11 is 0. The lowest BCUT2D eigenvalue weighted by atomic mass is 9.94. The average molecular weight is 1490 g/mol. The van der Waals surface area contributed by atoms with Crippen molar-refractivity contribution >= 4 is 47.8 Å². The summed E-state index contributed by atoms with van der Waals surface area (Å²) in [6.07, 6.45) is 44.6. The first kappa shape index (κ1) is 93.1. The molecule has 0 aromatic heterocycles. The van der Waals surface area contributed by atoms with Crippen molar-refractivity contribution in [3.63, 3.8) is 0 Å². The molecule has 2 unspecified atom stereocenters. The molecular weight excluding hydrogens is 1350 g/mol. The molecule has 2 atom stereocenters. The van der Waals surface area contributed by atoms with Gasteiger partial charge >= 0.3 is 47.8 Å². The van der Waals surface area contributed by atoms with Gasteiger partial charge < -0.3 is 57.2 Å². The van der Waals surface area contributed by atoms with Gasteiger partial charge in [0.15, 0.2) is 6.10 Å². The monoisotopic (exact) mass is 1490 g/mol. The lowest BCUT2D eigenvalue weighted by Crippen LogP contribution is -2.32. The molecule has 106 heavy (non-hydrogen) atoms. The first-order chi connectivity index (χ1) is 51.2. The summed E-state index contributed by atoms with van der Waals surface area (Å²) in [5.41, 5.74) is 6.55. The molecule has 2 aliphatic heterocycles. The first-order valence-electron chi connectivity index (χ1n) is 40.4. The minimum atomic E-state index is -0.867. The van der Waals surface area contributed by atoms with Crippen molar-refractivity contribution in [3.8, 4) is 23.0 Å². The van der Waals surface area contributed by atoms with Crippen LogP contribution in [0.25, 0.3) is 0 Å². The van der Waals surface area contributed by atoms with Crippen molar-refractivity contribution < 1.29 is 95.6 Å². The number of rotatable bonds is 59. The molecular formula is C86H136O20. The van der Waals surface area contributed by atoms with Crippen molar-refractivity contribution in [2.45, 2.75) is 344 Å². The molecule has 20 nitrogen and oxygen atoms in total. The van der Waals surface area contributed by atoms with E-state index >= 15 is 0 Å². The highest BCUT2D eigenvalue weighted by atomic mass is 16.7. The van der Waals surface area contributed by atoms with E-state index in [1.165, 1.54) is 150 Å². The minimum absolute atomic E-state index is 0.0906. The fraction of sp³-hybridized carbons (Fsp3) is 0.721. The van der Waals surface area contributed by atoms with Gasteiger partial charge in [0.05, 0.1) is 40.3 Å². The number of hydrogen-bond donors (Lipinski definition) is 1. The highest BCUT2D eigenvalue weighted by molar-refractivity contribution is 5.99. The maximum atomic E-state index is 13.3. The SMILES string of the molecule is CCCCCCCCCCCCCCCC(=O)OCC(COC(=O)CCCCCCCCCCCCCCC)OC(=O)C(C)CCCCCCCCC(C)C(=O)OCOc1c(C/C=C(\C)CCC(=O)OC)c(OC)c(C)c2c1C(=O)OC2.COC(=O)CC/C(C)=C/Cc1c(O)c2c(c(C)c1OC)COC2=O. The van der Waals surface area contributed by atoms with Crippen molar-refractivity contribution in [2.24, 2.45) is 11.8 Å². The van der Waals surface area contributed by atoms with Crippen LogP contribution in [0.4, 0.5) is 0 Å². The number of carbonyl (C=O) groups is 8. The summed E-state index contributed by atoms with van der Waals surface area (Å²) in [5, 5.41) is 10.5. The van der Waals surface area contributed by atoms with Gasteiger partial charge in [0.25, 0.3) is 0 Å². The third kappa shape index (κ3) is 36.7. The summed E-state index contributed by atoms with van der Waals surface area (Å²) in [5.74, 6) is -2.48. The third-order valence-corrected chi connectivity index (χ3v) is 20.3. The van der Waals surface area contributed by atoms with E-state index in [1.54, 1.807) is 7.11 Å². The molecule has 2 aromatic rings. The smallest absolute Gasteiger partial charge is 0.342 e. The summed E-state index contributed by atoms with van der Waals surface area (Å²) < 4.78 is 59.7. The van der Waals surface area contributed by atoms with Gasteiger partial charge in [-0.3, -0.25) is 28.8 Å². The van der Waals surface area contributed by atoms with Crippen LogP contribution in [0.5, 0.6) is 23.0 Å². The molecule has 0 bridgehead atoms. The Kier molecular flexibility index (Phi) is 49.3. The summed E-state index contributed by atoms with van der Waals surface area (Å²) in [4.78, 5) is 99.7. The Morgan fingerprint density at radius 2 is 0.792 bits per heavy atom. The molecule has 600 valence electrons. The molecule has 0 aliphatic carbocycles. The lowest BCUT2D eigenvalue weighted by Gasteiger charge is -2.20. The van der Waals surface area contributed by atoms with Crippen molar-refractivity contribution in [1.29, 1.82) is 0 Å². The van der Waals surface area contributed by atoms with Crippen LogP contribution in [0.1, 0.15) is 352 Å². The molecule has 2 aromatic carbocycles. The van der Waals surface area contributed by atoms with Gasteiger partial charge in [-0.25, -0.2) is 9.59 Å². The van der Waals surface area contributed by atoms with E-state index in [9.17, 15) is 43.5 Å². The Bertz CT molecular complexity index is 2970. The van der Waals surface area contributed by atoms with Crippen LogP contribution in [0.3, 0.4) is 0 Å². The van der Waals surface area contributed by atoms with Crippen LogP contribution in [0, 0.1) is 25.7 Å². The number of benzene rings is 2. The molecule has 0 spiro atoms. The third-order valence-electron chi connectivity index (χ3n) is 20.3. The zero-order valence-electron chi connectivity index (χ0n) is 67.3. The molecule has 0 fully saturated rings. The van der Waals surface area contributed by atoms with E-state index in [1.807, 2.05) is 53.7 Å². The van der Waals surface area contributed by atoms with Gasteiger partial charge in [0.1, 0.15) is 60.6 Å². The first-order valence-corrected chi connectivity index (χ1v) is 40.4. The van der Waals surface area contributed by atoms with E-state index in [4.69, 9.17) is 47.4 Å². The Hall–Kier alpha value is -7.12. The predicted molar refractivity (Wildman–Crippen MR) is 412 cm³/mol. The Morgan fingerprint density at radius 1 is 0.434 bits per heavy atom. The fourth-order valence-corrected chi connectivity index (χ4v) is 13.4. The normalized spacial score (nSPS) is 13.0. The number of phenols is 1. The maximum Gasteiger partial charge on any atom is 0.342 e. The van der Waals surface area contributed by atoms with Crippen LogP contribution in [-0.4, -0.2) is 107 Å². The predicted octanol–water partition coefficient (Wildman–Crippen LogP) is 20.2. The molecule has 20 heteroatoms. The standard InChI is InChI=1S/C68H114O14.C18H22O6/c1-9-11-13-15-17-19-21-23-25-27-29-35-39-43-61(70)77-49-57(50-78-62(71)44-40-36-30-28-26-24-22-20-18-16-14-12-10-2)82-67(73)55(5)42-38-34-32-31-33-37-41-54(4)66(72)81-52-80-65-58(47-45-53(3)46-48-60(69)75-7)64(76-8)56(6)59-51-79-68(74)63(59)65;1-10(6-8-14(19)22-3)5-7-12-16(20)15-13(9-24-18(15)21)11(2)17(12)23-4/h45,54-55,57H,9-44,46-52H2,1-8H3;5,20H,6-9H2,1-4H3/b53-45+;10-5+.